The molecule has 0 radical (unpaired) electrons. The summed E-state index contributed by atoms with van der Waals surface area (Å²) in [6, 6.07) is -10.4. The lowest BCUT2D eigenvalue weighted by molar-refractivity contribution is -0.143. The molecule has 0 saturated heterocycles. The van der Waals surface area contributed by atoms with Crippen LogP contribution in [0, 0.1) is 41.4 Å². The predicted molar refractivity (Wildman–Crippen MR) is 446 cm³/mol. The number of carboxylic acids is 3. The molecule has 0 bridgehead atoms. The third-order valence-corrected chi connectivity index (χ3v) is 19.6. The average Bonchev–Trinajstić information content (AvgIpc) is 0.848. The van der Waals surface area contributed by atoms with Gasteiger partial charge in [0.15, 0.2) is 0 Å². The highest BCUT2D eigenvalue weighted by Gasteiger charge is 2.40. The van der Waals surface area contributed by atoms with Gasteiger partial charge in [-0.1, -0.05) is 146 Å². The Morgan fingerprint density at radius 1 is 0.333 bits per heavy atom. The summed E-state index contributed by atoms with van der Waals surface area (Å²) in [6.45, 7) is 25.8. The summed E-state index contributed by atoms with van der Waals surface area (Å²) in [4.78, 5) is 257. The van der Waals surface area contributed by atoms with Crippen LogP contribution in [0.3, 0.4) is 0 Å². The van der Waals surface area contributed by atoms with Crippen LogP contribution in [0.25, 0.3) is 0 Å². The van der Waals surface area contributed by atoms with Crippen LogP contribution in [-0.4, -0.2) is 241 Å². The summed E-state index contributed by atoms with van der Waals surface area (Å²) in [5.74, 6) is -23.8. The molecule has 0 heterocycles. The quantitative estimate of drug-likeness (QED) is 0.0320. The second-order valence-electron chi connectivity index (χ2n) is 33.0. The Labute approximate surface area is 715 Å². The monoisotopic (exact) mass is 1740 g/mol. The van der Waals surface area contributed by atoms with E-state index in [0.29, 0.717) is 17.5 Å². The van der Waals surface area contributed by atoms with Crippen molar-refractivity contribution in [3.8, 4) is 5.75 Å². The molecule has 2 aromatic carbocycles. The highest BCUT2D eigenvalue weighted by Crippen LogP contribution is 2.18. The number of carboxylic acid groups (broad SMARTS) is 3. The number of aliphatic hydroxyl groups excluding tert-OH is 1. The van der Waals surface area contributed by atoms with E-state index in [1.807, 2.05) is 0 Å². The number of benzene rings is 2. The van der Waals surface area contributed by atoms with Gasteiger partial charge in [-0.25, -0.2) is 4.79 Å². The fourth-order valence-electron chi connectivity index (χ4n) is 12.3. The molecular formula is C82H129N17O24. The maximum Gasteiger partial charge on any atom is 0.326 e. The lowest BCUT2D eigenvalue weighted by Gasteiger charge is -2.30. The largest absolute Gasteiger partial charge is 0.508 e. The molecular weight excluding hydrogens is 1610 g/mol. The van der Waals surface area contributed by atoms with Gasteiger partial charge in [-0.3, -0.25) is 86.3 Å². The standard InChI is InChI=1S/C82H129N17O24/c1-18-44(14)66(81(121)94-58(82(122)123)32-40(6)7)99-77(117)59(37-100)95-74(114)52(30-38(2)3)88-68(108)46(16)85-67(107)45(15)86-72(112)55(33-48-22-20-19-21-23-48)92-79(119)64(42(10)11)98-80(120)65(43(12)13)96-69(109)47(17)87-71(111)54(34-49-24-26-50(101)27-25-49)90-73(113)53(31-39(4)5)89-76(116)57(36-62(105)106)91-75(115)56(35-60(84)102)93-78(118)63(41(8)9)97-70(110)51(83)28-29-61(103)104/h19-27,38-47,51-59,63-66,100-101H,18,28-37,83H2,1-17H3,(H2,84,102)(H,85,107)(H,86,112)(H,87,111)(H,88,108)(H,89,116)(H,90,113)(H,91,115)(H,92,119)(H,93,118)(H,94,121)(H,95,114)(H,96,109)(H,97,110)(H,98,120)(H,99,117)(H,103,104)(H,105,106)(H,122,123)/t44-,45-,46-,47-,51-,52-,53-,54-,55-,56-,57-,58-,59-,63-,64-,65-,66-/m0/s1. The molecule has 2 rings (SSSR count). The Hall–Kier alpha value is -11.9. The molecule has 686 valence electrons. The number of phenols is 1. The minimum atomic E-state index is -2.04. The smallest absolute Gasteiger partial charge is 0.326 e. The summed E-state index contributed by atoms with van der Waals surface area (Å²) < 4.78 is 0. The molecule has 2 aromatic rings. The number of hydrogen-bond acceptors (Lipinski definition) is 22. The molecule has 0 aromatic heterocycles. The normalized spacial score (nSPS) is 15.5. The maximum atomic E-state index is 14.5. The number of carbonyl (C=O) groups excluding carboxylic acids is 16. The molecule has 0 aliphatic heterocycles. The highest BCUT2D eigenvalue weighted by molar-refractivity contribution is 6.02. The van der Waals surface area contributed by atoms with Crippen LogP contribution in [0.4, 0.5) is 0 Å². The van der Waals surface area contributed by atoms with Gasteiger partial charge in [-0.2, -0.15) is 0 Å². The molecule has 0 aliphatic rings. The van der Waals surface area contributed by atoms with Crippen LogP contribution < -0.4 is 91.2 Å². The van der Waals surface area contributed by atoms with Crippen molar-refractivity contribution in [3.63, 3.8) is 0 Å². The molecule has 0 spiro atoms. The van der Waals surface area contributed by atoms with E-state index in [9.17, 15) is 112 Å². The average molecular weight is 1740 g/mol. The highest BCUT2D eigenvalue weighted by atomic mass is 16.4. The van der Waals surface area contributed by atoms with Gasteiger partial charge in [-0.05, 0) is 111 Å². The van der Waals surface area contributed by atoms with Crippen LogP contribution in [0.2, 0.25) is 0 Å². The zero-order valence-electron chi connectivity index (χ0n) is 72.9. The van der Waals surface area contributed by atoms with E-state index in [4.69, 9.17) is 16.6 Å². The lowest BCUT2D eigenvalue weighted by atomic mass is 9.96. The molecule has 0 unspecified atom stereocenters. The van der Waals surface area contributed by atoms with Crippen LogP contribution in [-0.2, 0) is 104 Å². The summed E-state index contributed by atoms with van der Waals surface area (Å²) in [6.07, 6.45) is -3.13. The number of aliphatic carboxylic acids is 3. The summed E-state index contributed by atoms with van der Waals surface area (Å²) in [7, 11) is 0. The van der Waals surface area contributed by atoms with Crippen molar-refractivity contribution in [2.24, 2.45) is 52.9 Å². The molecule has 123 heavy (non-hydrogen) atoms. The zero-order valence-corrected chi connectivity index (χ0v) is 72.9. The van der Waals surface area contributed by atoms with E-state index in [1.165, 1.54) is 58.9 Å². The van der Waals surface area contributed by atoms with E-state index in [-0.39, 0.29) is 56.1 Å². The molecule has 17 atom stereocenters. The fourth-order valence-corrected chi connectivity index (χ4v) is 12.3. The Balaban J connectivity index is 2.40. The Morgan fingerprint density at radius 3 is 1.06 bits per heavy atom. The lowest BCUT2D eigenvalue weighted by Crippen LogP contribution is -2.62. The SMILES string of the molecule is CC[C@H](C)[C@H](NC(=O)[C@H](CO)NC(=O)[C@H](CC(C)C)NC(=O)[C@H](C)NC(=O)[C@H](C)NC(=O)[C@H](Cc1ccccc1)NC(=O)[C@@H](NC(=O)[C@@H](NC(=O)[C@H](C)NC(=O)[C@H](Cc1ccc(O)cc1)NC(=O)[C@H](CC(C)C)NC(=O)[C@H](CC(=O)O)NC(=O)[C@H](CC(N)=O)NC(=O)[C@@H](NC(=O)[C@@H](N)CCC(=O)O)C(C)C)C(C)C)C(C)C)C(=O)N[C@@H](CC(C)C)C(=O)O. The topological polar surface area (TPSA) is 658 Å². The van der Waals surface area contributed by atoms with Crippen molar-refractivity contribution >= 4 is 112 Å². The number of hydrogen-bond donors (Lipinski definition) is 22. The molecule has 41 heteroatoms. The first kappa shape index (κ1) is 107. The number of primary amides is 1. The van der Waals surface area contributed by atoms with Crippen molar-refractivity contribution in [2.45, 2.75) is 279 Å². The number of nitrogens with two attached hydrogens (primary N) is 2. The minimum absolute atomic E-state index is 0.0130. The van der Waals surface area contributed by atoms with Crippen molar-refractivity contribution in [3.05, 3.63) is 65.7 Å². The van der Waals surface area contributed by atoms with E-state index in [0.717, 1.165) is 0 Å². The van der Waals surface area contributed by atoms with E-state index < -0.39 is 265 Å². The predicted octanol–water partition coefficient (Wildman–Crippen LogP) is -2.72. The third-order valence-electron chi connectivity index (χ3n) is 19.6. The summed E-state index contributed by atoms with van der Waals surface area (Å²) in [5.41, 5.74) is 12.1. The van der Waals surface area contributed by atoms with Crippen LogP contribution in [0.5, 0.6) is 5.75 Å². The first-order valence-electron chi connectivity index (χ1n) is 41.0. The van der Waals surface area contributed by atoms with Crippen molar-refractivity contribution in [1.29, 1.82) is 0 Å². The molecule has 0 saturated carbocycles. The van der Waals surface area contributed by atoms with Gasteiger partial charge < -0.3 is 117 Å². The number of nitrogens with one attached hydrogen (secondary N) is 15. The van der Waals surface area contributed by atoms with Crippen LogP contribution in [0.15, 0.2) is 54.6 Å². The number of carbonyl (C=O) groups is 19. The van der Waals surface area contributed by atoms with Gasteiger partial charge in [0.1, 0.15) is 96.4 Å². The van der Waals surface area contributed by atoms with Crippen molar-refractivity contribution < 1.29 is 117 Å². The van der Waals surface area contributed by atoms with Gasteiger partial charge >= 0.3 is 17.9 Å². The number of aliphatic hydroxyl groups is 1. The van der Waals surface area contributed by atoms with Crippen molar-refractivity contribution in [1.82, 2.24) is 79.8 Å². The zero-order chi connectivity index (χ0) is 93.7. The molecule has 0 aliphatic carbocycles. The van der Waals surface area contributed by atoms with Crippen LogP contribution >= 0.6 is 0 Å². The number of amides is 16. The Kier molecular flexibility index (Phi) is 45.7. The molecule has 24 N–H and O–H groups in total. The van der Waals surface area contributed by atoms with Gasteiger partial charge in [-0.15, -0.1) is 0 Å². The van der Waals surface area contributed by atoms with E-state index >= 15 is 0 Å². The van der Waals surface area contributed by atoms with Gasteiger partial charge in [0.2, 0.25) is 94.5 Å². The van der Waals surface area contributed by atoms with E-state index in [2.05, 4.69) is 79.8 Å². The number of phenolic OH excluding ortho intramolecular Hbond substituents is 1. The molecule has 41 nitrogen and oxygen atoms in total. The fraction of sp³-hybridized carbons (Fsp3) is 0.622. The van der Waals surface area contributed by atoms with E-state index in [1.54, 1.807) is 113 Å². The van der Waals surface area contributed by atoms with Crippen molar-refractivity contribution in [2.75, 3.05) is 6.61 Å². The van der Waals surface area contributed by atoms with Gasteiger partial charge in [0.05, 0.1) is 25.5 Å². The first-order chi connectivity index (χ1) is 57.3. The summed E-state index contributed by atoms with van der Waals surface area (Å²) in [5, 5.41) is 86.3. The summed E-state index contributed by atoms with van der Waals surface area (Å²) >= 11 is 0. The van der Waals surface area contributed by atoms with Gasteiger partial charge in [0, 0.05) is 19.3 Å². The second-order valence-corrected chi connectivity index (χ2v) is 33.0. The minimum Gasteiger partial charge on any atom is -0.508 e. The number of rotatable bonds is 54. The van der Waals surface area contributed by atoms with Crippen LogP contribution in [0.1, 0.15) is 180 Å². The second kappa shape index (κ2) is 52.4. The third kappa shape index (κ3) is 38.4. The molecule has 0 fully saturated rings. The molecule has 16 amide bonds. The maximum absolute atomic E-state index is 14.5. The van der Waals surface area contributed by atoms with Gasteiger partial charge in [0.25, 0.3) is 0 Å². The first-order valence-corrected chi connectivity index (χ1v) is 41.0. The number of aromatic hydroxyl groups is 1. The Morgan fingerprint density at radius 2 is 0.642 bits per heavy atom. The Bertz CT molecular complexity index is 3980.